The van der Waals surface area contributed by atoms with Crippen molar-refractivity contribution in [3.8, 4) is 11.1 Å². The molecule has 2 aromatic heterocycles. The van der Waals surface area contributed by atoms with Crippen LogP contribution < -0.4 is 10.9 Å². The van der Waals surface area contributed by atoms with Gasteiger partial charge in [0, 0.05) is 24.8 Å². The van der Waals surface area contributed by atoms with Gasteiger partial charge in [-0.05, 0) is 44.4 Å². The van der Waals surface area contributed by atoms with Gasteiger partial charge < -0.3 is 9.88 Å². The number of aryl methyl sites for hydroxylation is 1. The highest BCUT2D eigenvalue weighted by molar-refractivity contribution is 7.92. The maximum Gasteiger partial charge on any atom is 0.416 e. The molecule has 1 aromatic carbocycles. The maximum absolute atomic E-state index is 13.0. The molecule has 1 aliphatic heterocycles. The molecule has 1 fully saturated rings. The molecule has 1 atom stereocenters. The number of rotatable bonds is 3. The van der Waals surface area contributed by atoms with Crippen molar-refractivity contribution in [2.24, 2.45) is 7.05 Å². The largest absolute Gasteiger partial charge is 0.416 e. The van der Waals surface area contributed by atoms with Crippen molar-refractivity contribution in [1.82, 2.24) is 14.5 Å². The summed E-state index contributed by atoms with van der Waals surface area (Å²) < 4.78 is 64.3. The summed E-state index contributed by atoms with van der Waals surface area (Å²) in [4.78, 5) is 21.8. The fraction of sp³-hybridized carbons (Fsp3) is 0.409. The number of sulfone groups is 1. The zero-order valence-electron chi connectivity index (χ0n) is 18.3. The Labute approximate surface area is 188 Å². The lowest BCUT2D eigenvalue weighted by atomic mass is 9.97. The Bertz CT molecular complexity index is 1380. The quantitative estimate of drug-likeness (QED) is 0.613. The minimum Gasteiger partial charge on any atom is -0.365 e. The summed E-state index contributed by atoms with van der Waals surface area (Å²) in [5.41, 5.74) is -0.0932. The fourth-order valence-corrected chi connectivity index (χ4v) is 5.77. The first-order chi connectivity index (χ1) is 15.3. The monoisotopic (exact) mass is 480 g/mol. The van der Waals surface area contributed by atoms with Crippen LogP contribution in [0.15, 0.2) is 41.6 Å². The van der Waals surface area contributed by atoms with Crippen molar-refractivity contribution in [3.05, 3.63) is 52.7 Å². The molecule has 1 aliphatic rings. The first-order valence-corrected chi connectivity index (χ1v) is 12.0. The van der Waals surface area contributed by atoms with Crippen molar-refractivity contribution in [3.63, 3.8) is 0 Å². The molecule has 0 unspecified atom stereocenters. The van der Waals surface area contributed by atoms with Crippen molar-refractivity contribution >= 4 is 26.6 Å². The number of halogens is 3. The van der Waals surface area contributed by atoms with Gasteiger partial charge in [-0.15, -0.1) is 0 Å². The molecule has 0 amide bonds. The Morgan fingerprint density at radius 2 is 1.82 bits per heavy atom. The molecule has 0 radical (unpaired) electrons. The van der Waals surface area contributed by atoms with Gasteiger partial charge in [-0.2, -0.15) is 13.2 Å². The van der Waals surface area contributed by atoms with E-state index >= 15 is 0 Å². The Morgan fingerprint density at radius 3 is 2.45 bits per heavy atom. The summed E-state index contributed by atoms with van der Waals surface area (Å²) >= 11 is 0. The van der Waals surface area contributed by atoms with E-state index in [0.717, 1.165) is 12.1 Å². The van der Waals surface area contributed by atoms with E-state index in [0.29, 0.717) is 24.0 Å². The number of pyridine rings is 1. The van der Waals surface area contributed by atoms with Crippen LogP contribution in [0.5, 0.6) is 0 Å². The van der Waals surface area contributed by atoms with Gasteiger partial charge in [0.05, 0.1) is 27.9 Å². The number of nitrogens with zero attached hydrogens (tertiary/aromatic N) is 3. The average Bonchev–Trinajstić information content (AvgIpc) is 2.74. The van der Waals surface area contributed by atoms with Crippen LogP contribution in [0, 0.1) is 0 Å². The molecule has 3 aromatic rings. The van der Waals surface area contributed by atoms with Crippen molar-refractivity contribution in [2.75, 3.05) is 11.1 Å². The van der Waals surface area contributed by atoms with Gasteiger partial charge in [0.15, 0.2) is 9.84 Å². The number of aromatic nitrogens is 3. The molecule has 7 nitrogen and oxygen atoms in total. The van der Waals surface area contributed by atoms with E-state index in [2.05, 4.69) is 15.3 Å². The van der Waals surface area contributed by atoms with Crippen molar-refractivity contribution in [2.45, 2.75) is 43.7 Å². The lowest BCUT2D eigenvalue weighted by Crippen LogP contribution is -2.52. The highest BCUT2D eigenvalue weighted by Crippen LogP contribution is 2.36. The Hall–Kier alpha value is -2.95. The third kappa shape index (κ3) is 3.98. The minimum absolute atomic E-state index is 0.0997. The predicted octanol–water partition coefficient (Wildman–Crippen LogP) is 3.78. The first-order valence-electron chi connectivity index (χ1n) is 10.3. The second-order valence-electron chi connectivity index (χ2n) is 8.74. The minimum atomic E-state index is -4.46. The van der Waals surface area contributed by atoms with Gasteiger partial charge in [-0.1, -0.05) is 12.1 Å². The zero-order valence-corrected chi connectivity index (χ0v) is 19.1. The van der Waals surface area contributed by atoms with E-state index < -0.39 is 37.9 Å². The van der Waals surface area contributed by atoms with Gasteiger partial charge in [-0.25, -0.2) is 18.4 Å². The van der Waals surface area contributed by atoms with Gasteiger partial charge in [0.25, 0.3) is 5.56 Å². The highest BCUT2D eigenvalue weighted by Gasteiger charge is 2.45. The number of hydrogen-bond acceptors (Lipinski definition) is 6. The zero-order chi connectivity index (χ0) is 24.2. The van der Waals surface area contributed by atoms with Gasteiger partial charge >= 0.3 is 6.18 Å². The molecule has 0 spiro atoms. The third-order valence-electron chi connectivity index (χ3n) is 6.33. The number of hydrogen-bond donors (Lipinski definition) is 1. The summed E-state index contributed by atoms with van der Waals surface area (Å²) in [6.07, 6.45) is -0.632. The summed E-state index contributed by atoms with van der Waals surface area (Å²) in [5.74, 6) is 0.298. The smallest absolute Gasteiger partial charge is 0.365 e. The van der Waals surface area contributed by atoms with E-state index in [1.807, 2.05) is 0 Å². The standard InChI is InChI=1S/C22H23F3N4O3S/c1-21(2)16(5-4-10-33(21,31)32)28-19-17-18(27-12-29(3)20(17)30)15(11-26-19)13-6-8-14(9-7-13)22(23,24)25/h6-9,11-12,16H,4-5,10H2,1-3H3,(H,26,28)/t16-/m1/s1. The number of anilines is 1. The van der Waals surface area contributed by atoms with Gasteiger partial charge in [0.1, 0.15) is 11.2 Å². The Morgan fingerprint density at radius 1 is 1.15 bits per heavy atom. The summed E-state index contributed by atoms with van der Waals surface area (Å²) in [6.45, 7) is 3.29. The first kappa shape index (κ1) is 23.2. The number of fused-ring (bicyclic) bond motifs is 1. The summed E-state index contributed by atoms with van der Waals surface area (Å²) in [7, 11) is -1.82. The number of nitrogens with one attached hydrogen (secondary N) is 1. The number of benzene rings is 1. The molecule has 3 heterocycles. The molecule has 11 heteroatoms. The Balaban J connectivity index is 1.84. The van der Waals surface area contributed by atoms with Crippen molar-refractivity contribution < 1.29 is 21.6 Å². The second-order valence-corrected chi connectivity index (χ2v) is 11.4. The molecule has 0 aliphatic carbocycles. The lowest BCUT2D eigenvalue weighted by Gasteiger charge is -2.38. The third-order valence-corrected chi connectivity index (χ3v) is 9.04. The molecule has 0 saturated carbocycles. The lowest BCUT2D eigenvalue weighted by molar-refractivity contribution is -0.137. The van der Waals surface area contributed by atoms with Crippen LogP contribution >= 0.6 is 0 Å². The molecule has 0 bridgehead atoms. The van der Waals surface area contributed by atoms with E-state index in [9.17, 15) is 26.4 Å². The average molecular weight is 481 g/mol. The predicted molar refractivity (Wildman–Crippen MR) is 120 cm³/mol. The molecule has 4 rings (SSSR count). The Kier molecular flexibility index (Phi) is 5.50. The molecule has 176 valence electrons. The summed E-state index contributed by atoms with van der Waals surface area (Å²) in [5, 5.41) is 3.30. The highest BCUT2D eigenvalue weighted by atomic mass is 32.2. The van der Waals surface area contributed by atoms with Crippen molar-refractivity contribution in [1.29, 1.82) is 0 Å². The van der Waals surface area contributed by atoms with Crippen LogP contribution in [0.2, 0.25) is 0 Å². The van der Waals surface area contributed by atoms with E-state index in [1.54, 1.807) is 13.8 Å². The maximum atomic E-state index is 13.0. The van der Waals surface area contributed by atoms with Crippen LogP contribution in [-0.2, 0) is 23.1 Å². The van der Waals surface area contributed by atoms with Gasteiger partial charge in [0.2, 0.25) is 0 Å². The summed E-state index contributed by atoms with van der Waals surface area (Å²) in [6, 6.07) is 4.06. The van der Waals surface area contributed by atoms with Crippen LogP contribution in [0.4, 0.5) is 19.0 Å². The molecule has 1 saturated heterocycles. The molecule has 33 heavy (non-hydrogen) atoms. The van der Waals surface area contributed by atoms with Crippen LogP contribution in [0.1, 0.15) is 32.3 Å². The van der Waals surface area contributed by atoms with E-state index in [4.69, 9.17) is 0 Å². The van der Waals surface area contributed by atoms with Crippen LogP contribution in [0.25, 0.3) is 22.0 Å². The fourth-order valence-electron chi connectivity index (χ4n) is 4.09. The van der Waals surface area contributed by atoms with Crippen LogP contribution in [0.3, 0.4) is 0 Å². The second kappa shape index (κ2) is 7.82. The molecule has 1 N–H and O–H groups in total. The number of alkyl halides is 3. The molecular weight excluding hydrogens is 457 g/mol. The van der Waals surface area contributed by atoms with Crippen LogP contribution in [-0.4, -0.2) is 39.5 Å². The molecular formula is C22H23F3N4O3S. The normalized spacial score (nSPS) is 20.0. The van der Waals surface area contributed by atoms with Gasteiger partial charge in [-0.3, -0.25) is 4.79 Å². The van der Waals surface area contributed by atoms with E-state index in [1.165, 1.54) is 36.3 Å². The SMILES string of the molecule is Cn1cnc2c(-c3ccc(C(F)(F)F)cc3)cnc(N[C@@H]3CCCS(=O)(=O)C3(C)C)c2c1=O. The topological polar surface area (TPSA) is 93.9 Å². The van der Waals surface area contributed by atoms with E-state index in [-0.39, 0.29) is 22.5 Å².